The first kappa shape index (κ1) is 101. The third-order valence-corrected chi connectivity index (χ3v) is 15.3. The highest BCUT2D eigenvalue weighted by molar-refractivity contribution is 6.19. The van der Waals surface area contributed by atoms with Crippen molar-refractivity contribution in [1.29, 1.82) is 0 Å². The highest BCUT2D eigenvalue weighted by atomic mass is 16.5. The van der Waals surface area contributed by atoms with Crippen molar-refractivity contribution in [2.75, 3.05) is 281 Å². The summed E-state index contributed by atoms with van der Waals surface area (Å²) in [4.78, 5) is 12.8. The average Bonchev–Trinajstić information content (AvgIpc) is 0.919. The topological polar surface area (TPSA) is 730 Å². The summed E-state index contributed by atoms with van der Waals surface area (Å²) in [5, 5.41) is 110. The van der Waals surface area contributed by atoms with Crippen LogP contribution in [-0.4, -0.2) is 386 Å². The number of hydrogen-bond acceptors (Lipinski definition) is 43. The molecule has 0 aliphatic carbocycles. The Morgan fingerprint density at radius 2 is 0.398 bits per heavy atom. The fraction of sp³-hybridized carbons (Fsp3) is 0.983. The molecule has 0 fully saturated rings. The Balaban J connectivity index is 7.80. The molecule has 0 aliphatic rings. The maximum Gasteiger partial charge on any atom is 0.238 e. The molecule has 0 rings (SSSR count). The summed E-state index contributed by atoms with van der Waals surface area (Å²) in [6, 6.07) is 0. The van der Waals surface area contributed by atoms with Crippen LogP contribution in [0.25, 0.3) is 0 Å². The Morgan fingerprint density at radius 3 is 0.592 bits per heavy atom. The van der Waals surface area contributed by atoms with E-state index >= 15 is 0 Å². The second kappa shape index (κ2) is 75.3. The van der Waals surface area contributed by atoms with Gasteiger partial charge >= 0.3 is 0 Å². The Morgan fingerprint density at radius 1 is 0.233 bits per heavy atom. The Bertz CT molecular complexity index is 1760. The van der Waals surface area contributed by atoms with E-state index in [-0.39, 0.29) is 37.4 Å². The highest BCUT2D eigenvalue weighted by Gasteiger charge is 2.30. The van der Waals surface area contributed by atoms with Crippen molar-refractivity contribution in [3.63, 3.8) is 0 Å². The van der Waals surface area contributed by atoms with Gasteiger partial charge in [0.05, 0.1) is 81.8 Å². The van der Waals surface area contributed by atoms with E-state index in [2.05, 4.69) is 144 Å². The van der Waals surface area contributed by atoms with Crippen LogP contribution in [0.3, 0.4) is 0 Å². The molecule has 45 heteroatoms. The minimum atomic E-state index is -0.902. The third kappa shape index (κ3) is 58.5. The maximum absolute atomic E-state index is 12.8. The van der Waals surface area contributed by atoms with E-state index in [1.165, 1.54) is 0 Å². The zero-order valence-electron chi connectivity index (χ0n) is 62.6. The van der Waals surface area contributed by atoms with Gasteiger partial charge in [-0.25, -0.2) is 5.06 Å². The van der Waals surface area contributed by atoms with Gasteiger partial charge in [0.15, 0.2) is 0 Å². The molecule has 0 heterocycles. The fourth-order valence-corrected chi connectivity index (χ4v) is 10.5. The molecule has 0 saturated carbocycles. The largest absolute Gasteiger partial charge is 0.329 e. The van der Waals surface area contributed by atoms with Crippen LogP contribution in [0.5, 0.6) is 0 Å². The highest BCUT2D eigenvalue weighted by Crippen LogP contribution is 2.00. The number of nitrogens with one attached hydrogen (secondary N) is 27. The molecule has 13 atom stereocenters. The Kier molecular flexibility index (Phi) is 73.7. The van der Waals surface area contributed by atoms with E-state index in [4.69, 9.17) is 88.1 Å². The van der Waals surface area contributed by atoms with Crippen LogP contribution in [0, 0.1) is 0 Å². The molecule has 1 amide bonds. The van der Waals surface area contributed by atoms with Crippen LogP contribution < -0.4 is 224 Å². The number of nitrogens with two attached hydrogens (primary N) is 14. The average molecular weight is 1490 g/mol. The van der Waals surface area contributed by atoms with E-state index in [9.17, 15) is 10.0 Å². The molecule has 56 N–H and O–H groups in total. The van der Waals surface area contributed by atoms with Gasteiger partial charge in [-0.3, -0.25) is 79.1 Å². The van der Waals surface area contributed by atoms with Crippen LogP contribution in [0.2, 0.25) is 6.32 Å². The number of hydrogen-bond donors (Lipinski definition) is 42. The first-order valence-electron chi connectivity index (χ1n) is 37.6. The van der Waals surface area contributed by atoms with Crippen LogP contribution >= 0.6 is 0 Å². The molecule has 614 valence electrons. The number of hydroxylamine groups is 2. The van der Waals surface area contributed by atoms with Crippen molar-refractivity contribution in [3.8, 4) is 0 Å². The number of carbonyl (C=O) groups excluding carboxylic acids is 1. The second-order valence-corrected chi connectivity index (χ2v) is 24.5. The second-order valence-electron chi connectivity index (χ2n) is 24.5. The first-order chi connectivity index (χ1) is 50.3. The molecule has 0 aromatic rings. The van der Waals surface area contributed by atoms with Gasteiger partial charge in [0.2, 0.25) is 5.91 Å². The molecule has 103 heavy (non-hydrogen) atoms. The van der Waals surface area contributed by atoms with Gasteiger partial charge in [-0.1, -0.05) is 0 Å². The molecule has 0 saturated heterocycles. The zero-order chi connectivity index (χ0) is 75.9. The summed E-state index contributed by atoms with van der Waals surface area (Å²) in [6.07, 6.45) is -5.88. The zero-order valence-corrected chi connectivity index (χ0v) is 62.6. The van der Waals surface area contributed by atoms with E-state index in [0.717, 1.165) is 13.1 Å². The van der Waals surface area contributed by atoms with Crippen LogP contribution in [0.15, 0.2) is 0 Å². The Hall–Kier alpha value is -2.15. The van der Waals surface area contributed by atoms with Gasteiger partial charge in [-0.15, -0.1) is 0 Å². The van der Waals surface area contributed by atoms with Crippen molar-refractivity contribution < 1.29 is 10.0 Å². The van der Waals surface area contributed by atoms with E-state index in [0.29, 0.717) is 267 Å². The lowest BCUT2D eigenvalue weighted by Gasteiger charge is -2.38. The molecule has 2 radical (unpaired) electrons. The minimum Gasteiger partial charge on any atom is -0.329 e. The molecular formula is C58H157BN42O2. The van der Waals surface area contributed by atoms with Gasteiger partial charge in [-0.2, -0.15) is 0 Å². The molecule has 44 nitrogen and oxygen atoms in total. The number of amides is 1. The lowest BCUT2D eigenvalue weighted by atomic mass is 10.0. The smallest absolute Gasteiger partial charge is 0.238 e. The van der Waals surface area contributed by atoms with Gasteiger partial charge in [0.1, 0.15) is 6.17 Å². The van der Waals surface area contributed by atoms with Crippen molar-refractivity contribution in [3.05, 3.63) is 0 Å². The normalized spacial score (nSPS) is 15.9. The van der Waals surface area contributed by atoms with E-state index in [1.807, 2.05) is 0 Å². The molecule has 0 bridgehead atoms. The lowest BCUT2D eigenvalue weighted by molar-refractivity contribution is -0.176. The summed E-state index contributed by atoms with van der Waals surface area (Å²) in [5.74, 6) is -0.669. The minimum absolute atomic E-state index is 0.138. The molecule has 0 aliphatic heterocycles. The third-order valence-electron chi connectivity index (χ3n) is 15.3. The number of carbonyl (C=O) groups is 1. The van der Waals surface area contributed by atoms with Gasteiger partial charge in [0.25, 0.3) is 0 Å². The molecular weight excluding hydrogens is 1330 g/mol. The van der Waals surface area contributed by atoms with Crippen LogP contribution in [0.4, 0.5) is 0 Å². The standard InChI is InChI=1S/C58H157BN42O2/c59-31-58(102)101(103)57(44-87-28-14-73)100-56(43-86-27-13-72)99-55(42-85-26-12-71)98-54(41-84-25-11-70)97-53(40-83-24-10-69)96-52(39-82-23-9-68)95-51(38-81-22-8-67)94-50(37-80-21-7-66)93-49(36-79-20-6-65)92-48(35-78-19-5-64)91-47(34-77-18-4-63)90-46(33-76-17-3-62)89-45(32-75-16-2-61)88-30-29-74-15-1-60/h45-57,74-100,103H,1-44,60-73H2. The SMILES string of the molecule is [B]CC(=O)N(O)C(CNCCN)NC(CNCCN)NC(CNCCN)NC(CNCCN)NC(CNCCN)NC(CNCCN)NC(CNCCN)NC(CNCCN)NC(CNCCN)NC(CNCCN)NC(CNCCN)NC(CNCCN)NC(CNCCN)NCCNCCN. The predicted molar refractivity (Wildman–Crippen MR) is 421 cm³/mol. The Labute approximate surface area is 618 Å². The van der Waals surface area contributed by atoms with Crippen LogP contribution in [0.1, 0.15) is 0 Å². The predicted octanol–water partition coefficient (Wildman–Crippen LogP) is -21.6. The quantitative estimate of drug-likeness (QED) is 0.00884. The molecule has 0 aromatic carbocycles. The summed E-state index contributed by atoms with van der Waals surface area (Å²) in [5.41, 5.74) is 84.3. The van der Waals surface area contributed by atoms with Crippen molar-refractivity contribution in [1.82, 2.24) is 149 Å². The molecule has 0 spiro atoms. The molecule has 13 unspecified atom stereocenters. The lowest BCUT2D eigenvalue weighted by Crippen LogP contribution is -2.72. The summed E-state index contributed by atoms with van der Waals surface area (Å²) in [7, 11) is 5.72. The summed E-state index contributed by atoms with van der Waals surface area (Å²) in [6.45, 7) is 21.2. The van der Waals surface area contributed by atoms with E-state index in [1.54, 1.807) is 0 Å². The van der Waals surface area contributed by atoms with Crippen LogP contribution in [-0.2, 0) is 4.79 Å². The first-order valence-corrected chi connectivity index (χ1v) is 37.6. The number of nitrogens with zero attached hydrogens (tertiary/aromatic N) is 1. The van der Waals surface area contributed by atoms with Gasteiger partial charge in [-0.05, 0) is 6.32 Å². The van der Waals surface area contributed by atoms with Crippen molar-refractivity contribution in [2.24, 2.45) is 80.3 Å². The fourth-order valence-electron chi connectivity index (χ4n) is 10.5. The van der Waals surface area contributed by atoms with Crippen molar-refractivity contribution >= 4 is 13.8 Å². The summed E-state index contributed by atoms with van der Waals surface area (Å²) >= 11 is 0. The maximum atomic E-state index is 12.8. The van der Waals surface area contributed by atoms with E-state index < -0.39 is 61.6 Å². The molecule has 0 aromatic heterocycles. The number of rotatable bonds is 84. The van der Waals surface area contributed by atoms with Crippen molar-refractivity contribution in [2.45, 2.75) is 86.5 Å². The monoisotopic (exact) mass is 1490 g/mol. The van der Waals surface area contributed by atoms with Gasteiger partial charge in [0, 0.05) is 281 Å². The van der Waals surface area contributed by atoms with Gasteiger partial charge < -0.3 is 155 Å². The summed E-state index contributed by atoms with van der Waals surface area (Å²) < 4.78 is 0.